The highest BCUT2D eigenvalue weighted by molar-refractivity contribution is 5.95. The third-order valence-electron chi connectivity index (χ3n) is 2.40. The van der Waals surface area contributed by atoms with Gasteiger partial charge in [-0.1, -0.05) is 13.8 Å². The molecule has 0 atom stereocenters. The Morgan fingerprint density at radius 1 is 1.50 bits per heavy atom. The summed E-state index contributed by atoms with van der Waals surface area (Å²) in [5.74, 6) is 0.765. The standard InChI is InChI=1S/C12H20N4O.ClH/c1-8(2)11-10(7-15-9(3)16-11)12(17)14-6-4-5-13;/h7-8H,4-6,13H2,1-3H3,(H,14,17);1H. The van der Waals surface area contributed by atoms with Gasteiger partial charge in [-0.2, -0.15) is 0 Å². The molecule has 0 unspecified atom stereocenters. The quantitative estimate of drug-likeness (QED) is 0.794. The topological polar surface area (TPSA) is 80.9 Å². The van der Waals surface area contributed by atoms with Crippen molar-refractivity contribution in [1.29, 1.82) is 0 Å². The zero-order chi connectivity index (χ0) is 12.8. The van der Waals surface area contributed by atoms with Crippen molar-refractivity contribution >= 4 is 18.3 Å². The van der Waals surface area contributed by atoms with Gasteiger partial charge >= 0.3 is 0 Å². The summed E-state index contributed by atoms with van der Waals surface area (Å²) in [6.45, 7) is 7.00. The zero-order valence-corrected chi connectivity index (χ0v) is 11.9. The number of aryl methyl sites for hydroxylation is 1. The number of hydrogen-bond acceptors (Lipinski definition) is 4. The molecule has 0 aliphatic heterocycles. The lowest BCUT2D eigenvalue weighted by molar-refractivity contribution is 0.0951. The minimum Gasteiger partial charge on any atom is -0.352 e. The van der Waals surface area contributed by atoms with Gasteiger partial charge in [0.05, 0.1) is 11.3 Å². The number of nitrogens with two attached hydrogens (primary N) is 1. The van der Waals surface area contributed by atoms with Gasteiger partial charge in [-0.3, -0.25) is 4.79 Å². The molecule has 1 heterocycles. The number of aromatic nitrogens is 2. The van der Waals surface area contributed by atoms with Crippen LogP contribution in [-0.2, 0) is 0 Å². The van der Waals surface area contributed by atoms with Crippen LogP contribution in [0, 0.1) is 6.92 Å². The van der Waals surface area contributed by atoms with Gasteiger partial charge < -0.3 is 11.1 Å². The summed E-state index contributed by atoms with van der Waals surface area (Å²) >= 11 is 0. The summed E-state index contributed by atoms with van der Waals surface area (Å²) in [7, 11) is 0. The van der Waals surface area contributed by atoms with E-state index in [1.807, 2.05) is 20.8 Å². The minimum atomic E-state index is -0.123. The third-order valence-corrected chi connectivity index (χ3v) is 2.40. The van der Waals surface area contributed by atoms with Crippen LogP contribution in [0.15, 0.2) is 6.20 Å². The first kappa shape index (κ1) is 16.8. The first-order valence-corrected chi connectivity index (χ1v) is 5.88. The lowest BCUT2D eigenvalue weighted by Gasteiger charge is -2.11. The van der Waals surface area contributed by atoms with Crippen molar-refractivity contribution < 1.29 is 4.79 Å². The molecular formula is C12H21ClN4O. The van der Waals surface area contributed by atoms with Crippen molar-refractivity contribution in [3.8, 4) is 0 Å². The summed E-state index contributed by atoms with van der Waals surface area (Å²) in [5, 5.41) is 2.82. The van der Waals surface area contributed by atoms with Gasteiger partial charge in [-0.05, 0) is 25.8 Å². The van der Waals surface area contributed by atoms with E-state index in [2.05, 4.69) is 15.3 Å². The Morgan fingerprint density at radius 3 is 2.72 bits per heavy atom. The smallest absolute Gasteiger partial charge is 0.254 e. The molecule has 0 aromatic carbocycles. The van der Waals surface area contributed by atoms with Crippen LogP contribution < -0.4 is 11.1 Å². The molecule has 6 heteroatoms. The van der Waals surface area contributed by atoms with Crippen molar-refractivity contribution in [1.82, 2.24) is 15.3 Å². The Morgan fingerprint density at radius 2 is 2.17 bits per heavy atom. The predicted octanol–water partition coefficient (Wildman–Crippen LogP) is 1.41. The van der Waals surface area contributed by atoms with E-state index in [1.54, 1.807) is 6.20 Å². The fraction of sp³-hybridized carbons (Fsp3) is 0.583. The highest BCUT2D eigenvalue weighted by Crippen LogP contribution is 2.16. The molecule has 0 radical (unpaired) electrons. The maximum absolute atomic E-state index is 11.9. The Bertz CT molecular complexity index is 396. The average Bonchev–Trinajstić information content (AvgIpc) is 2.29. The molecule has 5 nitrogen and oxygen atoms in total. The fourth-order valence-electron chi connectivity index (χ4n) is 1.50. The molecule has 18 heavy (non-hydrogen) atoms. The molecule has 1 rings (SSSR count). The fourth-order valence-corrected chi connectivity index (χ4v) is 1.50. The number of carbonyl (C=O) groups excluding carboxylic acids is 1. The molecule has 0 aliphatic carbocycles. The summed E-state index contributed by atoms with van der Waals surface area (Å²) in [6, 6.07) is 0. The Kier molecular flexibility index (Phi) is 7.47. The lowest BCUT2D eigenvalue weighted by atomic mass is 10.0. The Balaban J connectivity index is 0.00000289. The maximum atomic E-state index is 11.9. The number of carbonyl (C=O) groups is 1. The van der Waals surface area contributed by atoms with E-state index in [9.17, 15) is 4.79 Å². The van der Waals surface area contributed by atoms with Crippen molar-refractivity contribution in [2.45, 2.75) is 33.1 Å². The molecule has 0 aliphatic rings. The van der Waals surface area contributed by atoms with E-state index < -0.39 is 0 Å². The van der Waals surface area contributed by atoms with Crippen LogP contribution >= 0.6 is 12.4 Å². The van der Waals surface area contributed by atoms with Gasteiger partial charge in [0, 0.05) is 12.7 Å². The Hall–Kier alpha value is -1.20. The largest absolute Gasteiger partial charge is 0.352 e. The summed E-state index contributed by atoms with van der Waals surface area (Å²) < 4.78 is 0. The molecule has 1 amide bonds. The molecule has 1 aromatic heterocycles. The van der Waals surface area contributed by atoms with Crippen molar-refractivity contribution in [2.24, 2.45) is 5.73 Å². The second-order valence-corrected chi connectivity index (χ2v) is 4.27. The van der Waals surface area contributed by atoms with Crippen molar-refractivity contribution in [3.63, 3.8) is 0 Å². The second-order valence-electron chi connectivity index (χ2n) is 4.27. The van der Waals surface area contributed by atoms with Gasteiger partial charge in [0.2, 0.25) is 0 Å². The van der Waals surface area contributed by atoms with Crippen LogP contribution in [-0.4, -0.2) is 29.0 Å². The molecule has 1 aromatic rings. The summed E-state index contributed by atoms with van der Waals surface area (Å²) in [6.07, 6.45) is 2.37. The SMILES string of the molecule is Cc1ncc(C(=O)NCCCN)c(C(C)C)n1.Cl. The van der Waals surface area contributed by atoms with Crippen LogP contribution in [0.5, 0.6) is 0 Å². The highest BCUT2D eigenvalue weighted by atomic mass is 35.5. The molecule has 3 N–H and O–H groups in total. The van der Waals surface area contributed by atoms with Gasteiger partial charge in [0.15, 0.2) is 0 Å². The van der Waals surface area contributed by atoms with E-state index in [0.717, 1.165) is 12.1 Å². The molecular weight excluding hydrogens is 252 g/mol. The van der Waals surface area contributed by atoms with Crippen molar-refractivity contribution in [2.75, 3.05) is 13.1 Å². The van der Waals surface area contributed by atoms with Gasteiger partial charge in [0.25, 0.3) is 5.91 Å². The Labute approximate surface area is 114 Å². The van der Waals surface area contributed by atoms with E-state index in [4.69, 9.17) is 5.73 Å². The molecule has 0 saturated carbocycles. The van der Waals surface area contributed by atoms with E-state index in [-0.39, 0.29) is 24.2 Å². The number of halogens is 1. The van der Waals surface area contributed by atoms with Crippen LogP contribution in [0.1, 0.15) is 48.1 Å². The predicted molar refractivity (Wildman–Crippen MR) is 74.1 cm³/mol. The third kappa shape index (κ3) is 4.58. The molecule has 0 spiro atoms. The first-order chi connectivity index (χ1) is 8.06. The average molecular weight is 273 g/mol. The monoisotopic (exact) mass is 272 g/mol. The number of amides is 1. The van der Waals surface area contributed by atoms with E-state index in [1.165, 1.54) is 0 Å². The van der Waals surface area contributed by atoms with Gasteiger partial charge in [-0.25, -0.2) is 9.97 Å². The van der Waals surface area contributed by atoms with E-state index in [0.29, 0.717) is 24.5 Å². The summed E-state index contributed by atoms with van der Waals surface area (Å²) in [5.41, 5.74) is 6.73. The minimum absolute atomic E-state index is 0. The number of hydrogen-bond donors (Lipinski definition) is 2. The van der Waals surface area contributed by atoms with Crippen LogP contribution in [0.3, 0.4) is 0 Å². The molecule has 0 bridgehead atoms. The number of nitrogens with zero attached hydrogens (tertiary/aromatic N) is 2. The van der Waals surface area contributed by atoms with Crippen LogP contribution in [0.4, 0.5) is 0 Å². The van der Waals surface area contributed by atoms with Gasteiger partial charge in [-0.15, -0.1) is 12.4 Å². The van der Waals surface area contributed by atoms with E-state index >= 15 is 0 Å². The summed E-state index contributed by atoms with van der Waals surface area (Å²) in [4.78, 5) is 20.3. The van der Waals surface area contributed by atoms with Gasteiger partial charge in [0.1, 0.15) is 5.82 Å². The normalized spacial score (nSPS) is 10.1. The number of rotatable bonds is 5. The maximum Gasteiger partial charge on any atom is 0.254 e. The first-order valence-electron chi connectivity index (χ1n) is 5.88. The molecule has 0 saturated heterocycles. The molecule has 102 valence electrons. The van der Waals surface area contributed by atoms with Crippen molar-refractivity contribution in [3.05, 3.63) is 23.3 Å². The van der Waals surface area contributed by atoms with Crippen LogP contribution in [0.2, 0.25) is 0 Å². The highest BCUT2D eigenvalue weighted by Gasteiger charge is 2.15. The molecule has 0 fully saturated rings. The zero-order valence-electron chi connectivity index (χ0n) is 11.1. The number of nitrogens with one attached hydrogen (secondary N) is 1. The van der Waals surface area contributed by atoms with Crippen LogP contribution in [0.25, 0.3) is 0 Å². The second kappa shape index (κ2) is 8.00. The lowest BCUT2D eigenvalue weighted by Crippen LogP contribution is -2.27.